The summed E-state index contributed by atoms with van der Waals surface area (Å²) >= 11 is 0. The summed E-state index contributed by atoms with van der Waals surface area (Å²) in [6, 6.07) is 0. The van der Waals surface area contributed by atoms with Gasteiger partial charge in [0, 0.05) is 6.42 Å². The van der Waals surface area contributed by atoms with Gasteiger partial charge in [0.05, 0.1) is 27.7 Å². The van der Waals surface area contributed by atoms with E-state index in [1.165, 1.54) is 116 Å². The molecule has 0 spiro atoms. The average molecular weight is 503 g/mol. The Morgan fingerprint density at radius 2 is 1.03 bits per heavy atom. The highest BCUT2D eigenvalue weighted by Crippen LogP contribution is 2.51. The Kier molecular flexibility index (Phi) is 22.0. The summed E-state index contributed by atoms with van der Waals surface area (Å²) in [6.07, 6.45) is 29.3. The topological polar surface area (TPSA) is 46.5 Å². The minimum absolute atomic E-state index is 0.347. The molecule has 5 heteroatoms. The van der Waals surface area contributed by atoms with Crippen LogP contribution < -0.4 is 0 Å². The molecule has 0 radical (unpaired) electrons. The predicted octanol–water partition coefficient (Wildman–Crippen LogP) is 9.62. The zero-order chi connectivity index (χ0) is 25.5. The summed E-state index contributed by atoms with van der Waals surface area (Å²) in [4.78, 5) is 10.3. The fourth-order valence-corrected chi connectivity index (χ4v) is 6.79. The number of allylic oxidation sites excluding steroid dienone is 1. The molecule has 2 unspecified atom stereocenters. The first-order chi connectivity index (χ1) is 16.3. The van der Waals surface area contributed by atoms with Crippen molar-refractivity contribution in [3.63, 3.8) is 0 Å². The zero-order valence-corrected chi connectivity index (χ0v) is 24.5. The smallest absolute Gasteiger partial charge is 0.320 e. The first-order valence-electron chi connectivity index (χ1n) is 14.6. The minimum Gasteiger partial charge on any atom is -0.320 e. The van der Waals surface area contributed by atoms with E-state index in [2.05, 4.69) is 6.58 Å². The van der Waals surface area contributed by atoms with Crippen molar-refractivity contribution in [2.45, 2.75) is 148 Å². The average Bonchev–Trinajstić information content (AvgIpc) is 2.76. The molecule has 0 aliphatic heterocycles. The molecule has 0 aromatic rings. The summed E-state index contributed by atoms with van der Waals surface area (Å²) in [5.41, 5.74) is 0. The monoisotopic (exact) mass is 502 g/mol. The summed E-state index contributed by atoms with van der Waals surface area (Å²) in [7, 11) is 2.32. The summed E-state index contributed by atoms with van der Waals surface area (Å²) in [5, 5.41) is 0. The quantitative estimate of drug-likeness (QED) is 0.0554. The molecule has 0 aromatic heterocycles. The van der Waals surface area contributed by atoms with Crippen molar-refractivity contribution in [2.24, 2.45) is 0 Å². The van der Waals surface area contributed by atoms with Crippen molar-refractivity contribution in [3.05, 3.63) is 12.7 Å². The highest BCUT2D eigenvalue weighted by molar-refractivity contribution is 7.53. The van der Waals surface area contributed by atoms with E-state index in [1.807, 2.05) is 34.1 Å². The van der Waals surface area contributed by atoms with E-state index in [9.17, 15) is 9.46 Å². The van der Waals surface area contributed by atoms with Crippen LogP contribution in [0.3, 0.4) is 0 Å². The molecule has 1 N–H and O–H groups in total. The first kappa shape index (κ1) is 33.8. The highest BCUT2D eigenvalue weighted by Gasteiger charge is 2.41. The van der Waals surface area contributed by atoms with Gasteiger partial charge in [0.25, 0.3) is 0 Å². The second kappa shape index (κ2) is 22.1. The van der Waals surface area contributed by atoms with Gasteiger partial charge in [-0.15, -0.1) is 6.58 Å². The van der Waals surface area contributed by atoms with Crippen LogP contribution in [0.4, 0.5) is 0 Å². The lowest BCUT2D eigenvalue weighted by Gasteiger charge is -2.35. The standard InChI is InChI=1S/C29H60NO3P/c1-6-8-9-10-11-12-13-14-15-16-17-18-19-20-21-22-23-24-25-26-27-28-33-34(31,32)29(7-2)30(3,4)5/h6,29H,1,7-28H2,2-5H3/p+1. The Labute approximate surface area is 214 Å². The van der Waals surface area contributed by atoms with Crippen molar-refractivity contribution in [3.8, 4) is 0 Å². The van der Waals surface area contributed by atoms with E-state index in [0.29, 0.717) is 17.5 Å². The number of hydrogen-bond donors (Lipinski definition) is 1. The lowest BCUT2D eigenvalue weighted by atomic mass is 10.0. The van der Waals surface area contributed by atoms with E-state index in [4.69, 9.17) is 4.52 Å². The SMILES string of the molecule is C=CCCCCCCCCCCCCCCCCCCCCCOP(=O)(O)C(CC)[N+](C)(C)C. The maximum atomic E-state index is 12.5. The van der Waals surface area contributed by atoms with Crippen molar-refractivity contribution in [2.75, 3.05) is 27.7 Å². The Bertz CT molecular complexity index is 504. The zero-order valence-electron chi connectivity index (χ0n) is 23.6. The molecule has 0 aliphatic rings. The van der Waals surface area contributed by atoms with Crippen molar-refractivity contribution in [1.29, 1.82) is 0 Å². The summed E-state index contributed by atoms with van der Waals surface area (Å²) < 4.78 is 18.4. The van der Waals surface area contributed by atoms with Crippen LogP contribution in [0.25, 0.3) is 0 Å². The van der Waals surface area contributed by atoms with Crippen molar-refractivity contribution < 1.29 is 18.5 Å². The Morgan fingerprint density at radius 3 is 1.32 bits per heavy atom. The van der Waals surface area contributed by atoms with Gasteiger partial charge in [-0.1, -0.05) is 122 Å². The molecule has 2 atom stereocenters. The molecular weight excluding hydrogens is 441 g/mol. The Balaban J connectivity index is 3.34. The van der Waals surface area contributed by atoms with E-state index >= 15 is 0 Å². The van der Waals surface area contributed by atoms with Gasteiger partial charge in [-0.05, 0) is 19.3 Å². The third-order valence-corrected chi connectivity index (χ3v) is 9.33. The largest absolute Gasteiger partial charge is 0.385 e. The van der Waals surface area contributed by atoms with E-state index < -0.39 is 7.60 Å². The van der Waals surface area contributed by atoms with Gasteiger partial charge in [-0.2, -0.15) is 0 Å². The van der Waals surface area contributed by atoms with Crippen LogP contribution in [0.2, 0.25) is 0 Å². The molecule has 0 heterocycles. The Morgan fingerprint density at radius 1 is 0.706 bits per heavy atom. The number of quaternary nitrogens is 1. The second-order valence-corrected chi connectivity index (χ2v) is 13.2. The maximum absolute atomic E-state index is 12.5. The molecule has 0 fully saturated rings. The molecule has 0 bridgehead atoms. The maximum Gasteiger partial charge on any atom is 0.385 e. The van der Waals surface area contributed by atoms with Crippen LogP contribution in [-0.4, -0.2) is 42.9 Å². The van der Waals surface area contributed by atoms with Crippen LogP contribution in [0, 0.1) is 0 Å². The molecular formula is C29H61NO3P+. The normalized spacial score (nSPS) is 14.7. The van der Waals surface area contributed by atoms with Crippen LogP contribution in [0.1, 0.15) is 142 Å². The highest BCUT2D eigenvalue weighted by atomic mass is 31.2. The second-order valence-electron chi connectivity index (χ2n) is 11.2. The fourth-order valence-electron chi connectivity index (χ4n) is 4.89. The molecule has 0 saturated heterocycles. The Hall–Kier alpha value is -0.150. The summed E-state index contributed by atoms with van der Waals surface area (Å²) in [5.74, 6) is -0.347. The minimum atomic E-state index is -3.55. The van der Waals surface area contributed by atoms with E-state index in [-0.39, 0.29) is 5.78 Å². The van der Waals surface area contributed by atoms with Crippen molar-refractivity contribution >= 4 is 7.60 Å². The van der Waals surface area contributed by atoms with Crippen molar-refractivity contribution in [1.82, 2.24) is 0 Å². The third kappa shape index (κ3) is 20.1. The van der Waals surface area contributed by atoms with Gasteiger partial charge in [-0.25, -0.2) is 0 Å². The van der Waals surface area contributed by atoms with Crippen LogP contribution in [0.15, 0.2) is 12.7 Å². The van der Waals surface area contributed by atoms with Gasteiger partial charge in [-0.3, -0.25) is 4.57 Å². The predicted molar refractivity (Wildman–Crippen MR) is 150 cm³/mol. The third-order valence-electron chi connectivity index (χ3n) is 6.96. The molecule has 34 heavy (non-hydrogen) atoms. The van der Waals surface area contributed by atoms with Gasteiger partial charge in [0.15, 0.2) is 5.78 Å². The lowest BCUT2D eigenvalue weighted by Crippen LogP contribution is -2.44. The molecule has 0 saturated carbocycles. The fraction of sp³-hybridized carbons (Fsp3) is 0.931. The first-order valence-corrected chi connectivity index (χ1v) is 16.3. The molecule has 0 amide bonds. The molecule has 0 rings (SSSR count). The molecule has 204 valence electrons. The number of nitrogens with zero attached hydrogens (tertiary/aromatic N) is 1. The van der Waals surface area contributed by atoms with Gasteiger partial charge in [0.1, 0.15) is 0 Å². The number of unbranched alkanes of at least 4 members (excludes halogenated alkanes) is 19. The van der Waals surface area contributed by atoms with Gasteiger partial charge < -0.3 is 13.9 Å². The van der Waals surface area contributed by atoms with Crippen LogP contribution in [-0.2, 0) is 9.09 Å². The van der Waals surface area contributed by atoms with E-state index in [0.717, 1.165) is 12.8 Å². The van der Waals surface area contributed by atoms with Gasteiger partial charge >= 0.3 is 7.60 Å². The van der Waals surface area contributed by atoms with Crippen LogP contribution in [0.5, 0.6) is 0 Å². The number of hydrogen-bond acceptors (Lipinski definition) is 2. The molecule has 4 nitrogen and oxygen atoms in total. The number of rotatable bonds is 26. The lowest BCUT2D eigenvalue weighted by molar-refractivity contribution is -0.883. The van der Waals surface area contributed by atoms with E-state index in [1.54, 1.807) is 0 Å². The van der Waals surface area contributed by atoms with Crippen LogP contribution >= 0.6 is 7.60 Å². The molecule has 0 aliphatic carbocycles. The summed E-state index contributed by atoms with van der Waals surface area (Å²) in [6.45, 7) is 6.14. The molecule has 0 aromatic carbocycles. The van der Waals surface area contributed by atoms with Gasteiger partial charge in [0.2, 0.25) is 0 Å².